The Morgan fingerprint density at radius 1 is 1.03 bits per heavy atom. The number of carbonyl (C=O) groups is 4. The lowest BCUT2D eigenvalue weighted by molar-refractivity contribution is -0.142. The first kappa shape index (κ1) is 25.4. The quantitative estimate of drug-likeness (QED) is 0.295. The van der Waals surface area contributed by atoms with Crippen LogP contribution in [0.15, 0.2) is 52.3 Å². The number of aromatic hydroxyl groups is 1. The van der Waals surface area contributed by atoms with Gasteiger partial charge >= 0.3 is 5.97 Å². The molecule has 0 aliphatic heterocycles. The highest BCUT2D eigenvalue weighted by Crippen LogP contribution is 2.27. The molecule has 0 saturated heterocycles. The second kappa shape index (κ2) is 11.8. The van der Waals surface area contributed by atoms with Gasteiger partial charge in [0, 0.05) is 17.6 Å². The van der Waals surface area contributed by atoms with Crippen LogP contribution in [-0.2, 0) is 16.1 Å². The van der Waals surface area contributed by atoms with Gasteiger partial charge in [0.1, 0.15) is 16.7 Å². The lowest BCUT2D eigenvalue weighted by Crippen LogP contribution is -2.48. The number of hydrogen-bond donors (Lipinski definition) is 4. The van der Waals surface area contributed by atoms with E-state index >= 15 is 0 Å². The number of esters is 1. The number of rotatable bonds is 9. The van der Waals surface area contributed by atoms with Gasteiger partial charge in [-0.1, -0.05) is 18.2 Å². The largest absolute Gasteiger partial charge is 0.508 e. The molecule has 3 aromatic rings. The molecule has 4 N–H and O–H groups in total. The van der Waals surface area contributed by atoms with E-state index in [-0.39, 0.29) is 34.5 Å². The molecule has 0 unspecified atom stereocenters. The van der Waals surface area contributed by atoms with Gasteiger partial charge in [-0.05, 0) is 51.1 Å². The van der Waals surface area contributed by atoms with Crippen LogP contribution in [0.5, 0.6) is 5.75 Å². The van der Waals surface area contributed by atoms with Crippen LogP contribution in [0, 0.1) is 0 Å². The molecule has 0 aliphatic rings. The van der Waals surface area contributed by atoms with Crippen LogP contribution in [0.2, 0.25) is 0 Å². The van der Waals surface area contributed by atoms with Crippen molar-refractivity contribution in [1.29, 1.82) is 0 Å². The average Bonchev–Trinajstić information content (AvgIpc) is 3.49. The van der Waals surface area contributed by atoms with E-state index < -0.39 is 23.8 Å². The standard InChI is InChI=1S/C22H20BrN3O6S2/c1-32-22(31)15(11-25-19(28)16-6-3-7-33-16)26-21(30)18-14(23)9-17(34-18)20(29)24-10-12-4-2-5-13(27)8-12/h2-9,15,27H,10-11H2,1H3,(H,24,29)(H,25,28)(H,26,30)/t15-/m0/s1. The normalized spacial score (nSPS) is 11.4. The molecule has 0 spiro atoms. The Labute approximate surface area is 211 Å². The minimum atomic E-state index is -1.13. The molecule has 9 nitrogen and oxygen atoms in total. The SMILES string of the molecule is COC(=O)[C@H](CNC(=O)c1cccs1)NC(=O)c1sc(C(=O)NCc2cccc(O)c2)cc1Br. The summed E-state index contributed by atoms with van der Waals surface area (Å²) in [7, 11) is 1.18. The number of phenols is 1. The second-order valence-electron chi connectivity index (χ2n) is 6.88. The summed E-state index contributed by atoms with van der Waals surface area (Å²) in [5.41, 5.74) is 0.715. The summed E-state index contributed by atoms with van der Waals surface area (Å²) >= 11 is 5.46. The minimum absolute atomic E-state index is 0.0938. The predicted octanol–water partition coefficient (Wildman–Crippen LogP) is 2.91. The van der Waals surface area contributed by atoms with Crippen molar-refractivity contribution in [2.24, 2.45) is 0 Å². The van der Waals surface area contributed by atoms with Gasteiger partial charge < -0.3 is 25.8 Å². The van der Waals surface area contributed by atoms with Gasteiger partial charge in [0.05, 0.1) is 16.9 Å². The summed E-state index contributed by atoms with van der Waals surface area (Å²) in [5, 5.41) is 19.1. The molecule has 2 aromatic heterocycles. The van der Waals surface area contributed by atoms with Gasteiger partial charge in [-0.3, -0.25) is 14.4 Å². The maximum Gasteiger partial charge on any atom is 0.330 e. The highest BCUT2D eigenvalue weighted by atomic mass is 79.9. The van der Waals surface area contributed by atoms with Crippen LogP contribution in [0.1, 0.15) is 34.6 Å². The molecule has 0 saturated carbocycles. The third kappa shape index (κ3) is 6.65. The third-order valence-corrected chi connectivity index (χ3v) is 7.37. The van der Waals surface area contributed by atoms with Crippen molar-refractivity contribution in [3.8, 4) is 5.75 Å². The Balaban J connectivity index is 1.63. The zero-order valence-electron chi connectivity index (χ0n) is 17.8. The molecule has 2 heterocycles. The van der Waals surface area contributed by atoms with Crippen molar-refractivity contribution in [2.75, 3.05) is 13.7 Å². The fraction of sp³-hybridized carbons (Fsp3) is 0.182. The van der Waals surface area contributed by atoms with E-state index in [2.05, 4.69) is 31.9 Å². The van der Waals surface area contributed by atoms with E-state index in [9.17, 15) is 24.3 Å². The van der Waals surface area contributed by atoms with Gasteiger partial charge in [0.2, 0.25) is 0 Å². The Morgan fingerprint density at radius 3 is 2.47 bits per heavy atom. The number of benzene rings is 1. The van der Waals surface area contributed by atoms with Gasteiger partial charge in [0.25, 0.3) is 17.7 Å². The number of thiophene rings is 2. The Bertz CT molecular complexity index is 1200. The fourth-order valence-electron chi connectivity index (χ4n) is 2.82. The van der Waals surface area contributed by atoms with Crippen molar-refractivity contribution in [3.05, 3.63) is 72.5 Å². The van der Waals surface area contributed by atoms with E-state index in [0.29, 0.717) is 14.9 Å². The molecule has 178 valence electrons. The Kier molecular flexibility index (Phi) is 8.79. The molecule has 1 aromatic carbocycles. The van der Waals surface area contributed by atoms with Crippen molar-refractivity contribution < 1.29 is 29.0 Å². The summed E-state index contributed by atoms with van der Waals surface area (Å²) in [6.45, 7) is 0.0219. The lowest BCUT2D eigenvalue weighted by Gasteiger charge is -2.16. The molecule has 34 heavy (non-hydrogen) atoms. The molecular formula is C22H20BrN3O6S2. The predicted molar refractivity (Wildman–Crippen MR) is 131 cm³/mol. The van der Waals surface area contributed by atoms with E-state index in [0.717, 1.165) is 11.3 Å². The summed E-state index contributed by atoms with van der Waals surface area (Å²) in [5.74, 6) is -2.01. The summed E-state index contributed by atoms with van der Waals surface area (Å²) in [4.78, 5) is 50.6. The maximum atomic E-state index is 12.8. The smallest absolute Gasteiger partial charge is 0.330 e. The molecule has 0 radical (unpaired) electrons. The highest BCUT2D eigenvalue weighted by Gasteiger charge is 2.26. The van der Waals surface area contributed by atoms with Gasteiger partial charge in [0.15, 0.2) is 0 Å². The van der Waals surface area contributed by atoms with Crippen LogP contribution in [0.25, 0.3) is 0 Å². The first-order chi connectivity index (χ1) is 16.3. The zero-order chi connectivity index (χ0) is 24.7. The molecule has 0 aliphatic carbocycles. The van der Waals surface area contributed by atoms with Crippen LogP contribution < -0.4 is 16.0 Å². The maximum absolute atomic E-state index is 12.8. The topological polar surface area (TPSA) is 134 Å². The lowest BCUT2D eigenvalue weighted by atomic mass is 10.2. The average molecular weight is 566 g/mol. The first-order valence-electron chi connectivity index (χ1n) is 9.84. The number of phenolic OH excluding ortho intramolecular Hbond substituents is 1. The second-order valence-corrected chi connectivity index (χ2v) is 9.73. The fourth-order valence-corrected chi connectivity index (χ4v) is 5.13. The molecule has 3 rings (SSSR count). The van der Waals surface area contributed by atoms with E-state index in [1.165, 1.54) is 36.6 Å². The molecule has 0 bridgehead atoms. The monoisotopic (exact) mass is 565 g/mol. The first-order valence-corrected chi connectivity index (χ1v) is 12.3. The zero-order valence-corrected chi connectivity index (χ0v) is 21.0. The number of nitrogens with one attached hydrogen (secondary N) is 3. The molecular weight excluding hydrogens is 546 g/mol. The van der Waals surface area contributed by atoms with E-state index in [4.69, 9.17) is 4.74 Å². The van der Waals surface area contributed by atoms with E-state index in [1.807, 2.05) is 0 Å². The highest BCUT2D eigenvalue weighted by molar-refractivity contribution is 9.10. The molecule has 3 amide bonds. The van der Waals surface area contributed by atoms with E-state index in [1.54, 1.807) is 29.6 Å². The summed E-state index contributed by atoms with van der Waals surface area (Å²) in [6.07, 6.45) is 0. The van der Waals surface area contributed by atoms with Crippen molar-refractivity contribution in [1.82, 2.24) is 16.0 Å². The van der Waals surface area contributed by atoms with Gasteiger partial charge in [-0.15, -0.1) is 22.7 Å². The Morgan fingerprint density at radius 2 is 1.79 bits per heavy atom. The summed E-state index contributed by atoms with van der Waals surface area (Å²) in [6, 6.07) is 10.2. The number of carbonyl (C=O) groups excluding carboxylic acids is 4. The Hall–Kier alpha value is -3.22. The van der Waals surface area contributed by atoms with Gasteiger partial charge in [-0.2, -0.15) is 0 Å². The number of amides is 3. The number of ether oxygens (including phenoxy) is 1. The van der Waals surface area contributed by atoms with Crippen molar-refractivity contribution in [3.63, 3.8) is 0 Å². The molecule has 12 heteroatoms. The third-order valence-electron chi connectivity index (χ3n) is 4.48. The van der Waals surface area contributed by atoms with Crippen molar-refractivity contribution in [2.45, 2.75) is 12.6 Å². The molecule has 1 atom stereocenters. The van der Waals surface area contributed by atoms with Gasteiger partial charge in [-0.25, -0.2) is 4.79 Å². The minimum Gasteiger partial charge on any atom is -0.508 e. The van der Waals surface area contributed by atoms with Crippen LogP contribution >= 0.6 is 38.6 Å². The number of halogens is 1. The van der Waals surface area contributed by atoms with Crippen LogP contribution in [0.4, 0.5) is 0 Å². The number of methoxy groups -OCH3 is 1. The number of hydrogen-bond acceptors (Lipinski definition) is 8. The summed E-state index contributed by atoms with van der Waals surface area (Å²) < 4.78 is 5.11. The van der Waals surface area contributed by atoms with Crippen LogP contribution in [-0.4, -0.2) is 48.5 Å². The van der Waals surface area contributed by atoms with Crippen LogP contribution in [0.3, 0.4) is 0 Å². The van der Waals surface area contributed by atoms with Crippen molar-refractivity contribution >= 4 is 62.3 Å². The molecule has 0 fully saturated rings.